The smallest absolute Gasteiger partial charge is 0.119 e. The van der Waals surface area contributed by atoms with Crippen LogP contribution in [0, 0.1) is 0 Å². The molecule has 90 valence electrons. The normalized spacial score (nSPS) is 10.9. The van der Waals surface area contributed by atoms with Crippen LogP contribution in [0.15, 0.2) is 48.8 Å². The highest BCUT2D eigenvalue weighted by Crippen LogP contribution is 2.21. The number of aromatic hydroxyl groups is 1. The number of hydrogen-bond donors (Lipinski definition) is 2. The van der Waals surface area contributed by atoms with E-state index >= 15 is 0 Å². The van der Waals surface area contributed by atoms with Crippen molar-refractivity contribution in [1.29, 1.82) is 0 Å². The van der Waals surface area contributed by atoms with E-state index in [0.29, 0.717) is 12.1 Å². The van der Waals surface area contributed by atoms with E-state index in [1.807, 2.05) is 34.9 Å². The Hall–Kier alpha value is -2.49. The molecule has 0 bridgehead atoms. The molecule has 0 fully saturated rings. The summed E-state index contributed by atoms with van der Waals surface area (Å²) in [6, 6.07) is 11.0. The summed E-state index contributed by atoms with van der Waals surface area (Å²) >= 11 is 0. The SMILES string of the molecule is Nc1cccn2c(Cc3ccccc3O)ncc12. The minimum atomic E-state index is 0.290. The Morgan fingerprint density at radius 3 is 2.83 bits per heavy atom. The number of aromatic nitrogens is 2. The van der Waals surface area contributed by atoms with Crippen LogP contribution in [0.3, 0.4) is 0 Å². The molecular formula is C14H13N3O. The number of nitrogens with two attached hydrogens (primary N) is 1. The van der Waals surface area contributed by atoms with Crippen LogP contribution in [0.4, 0.5) is 5.69 Å². The topological polar surface area (TPSA) is 63.5 Å². The number of hydrogen-bond acceptors (Lipinski definition) is 3. The number of phenols is 1. The molecule has 4 nitrogen and oxygen atoms in total. The average Bonchev–Trinajstić information content (AvgIpc) is 2.77. The molecular weight excluding hydrogens is 226 g/mol. The van der Waals surface area contributed by atoms with Crippen molar-refractivity contribution in [3.8, 4) is 5.75 Å². The van der Waals surface area contributed by atoms with Crippen molar-refractivity contribution in [2.45, 2.75) is 6.42 Å². The Morgan fingerprint density at radius 1 is 1.17 bits per heavy atom. The van der Waals surface area contributed by atoms with Crippen molar-refractivity contribution < 1.29 is 5.11 Å². The van der Waals surface area contributed by atoms with Crippen molar-refractivity contribution in [1.82, 2.24) is 9.38 Å². The van der Waals surface area contributed by atoms with Gasteiger partial charge in [0.25, 0.3) is 0 Å². The van der Waals surface area contributed by atoms with E-state index in [2.05, 4.69) is 4.98 Å². The Labute approximate surface area is 104 Å². The van der Waals surface area contributed by atoms with Gasteiger partial charge >= 0.3 is 0 Å². The molecule has 2 aromatic heterocycles. The molecule has 18 heavy (non-hydrogen) atoms. The maximum atomic E-state index is 9.77. The maximum absolute atomic E-state index is 9.77. The number of pyridine rings is 1. The quantitative estimate of drug-likeness (QED) is 0.720. The van der Waals surface area contributed by atoms with Crippen molar-refractivity contribution in [3.63, 3.8) is 0 Å². The summed E-state index contributed by atoms with van der Waals surface area (Å²) in [5, 5.41) is 9.77. The Kier molecular flexibility index (Phi) is 2.41. The second-order valence-electron chi connectivity index (χ2n) is 4.20. The van der Waals surface area contributed by atoms with Crippen LogP contribution < -0.4 is 5.73 Å². The number of imidazole rings is 1. The Bertz CT molecular complexity index is 703. The van der Waals surface area contributed by atoms with Crippen LogP contribution in [0.5, 0.6) is 5.75 Å². The third kappa shape index (κ3) is 1.68. The molecule has 0 radical (unpaired) electrons. The third-order valence-electron chi connectivity index (χ3n) is 3.02. The molecule has 3 aromatic rings. The largest absolute Gasteiger partial charge is 0.508 e. The van der Waals surface area contributed by atoms with Gasteiger partial charge < -0.3 is 15.2 Å². The van der Waals surface area contributed by atoms with E-state index in [1.54, 1.807) is 18.3 Å². The Morgan fingerprint density at radius 2 is 2.00 bits per heavy atom. The lowest BCUT2D eigenvalue weighted by molar-refractivity contribution is 0.469. The zero-order valence-electron chi connectivity index (χ0n) is 9.74. The molecule has 4 heteroatoms. The highest BCUT2D eigenvalue weighted by Gasteiger charge is 2.08. The van der Waals surface area contributed by atoms with Gasteiger partial charge in [-0.25, -0.2) is 4.98 Å². The van der Waals surface area contributed by atoms with Gasteiger partial charge in [0.05, 0.1) is 17.4 Å². The van der Waals surface area contributed by atoms with Crippen LogP contribution in [0.25, 0.3) is 5.52 Å². The number of anilines is 1. The summed E-state index contributed by atoms with van der Waals surface area (Å²) in [5.41, 5.74) is 8.33. The predicted octanol–water partition coefficient (Wildman–Crippen LogP) is 2.21. The van der Waals surface area contributed by atoms with Gasteiger partial charge in [-0.3, -0.25) is 0 Å². The first-order valence-corrected chi connectivity index (χ1v) is 5.73. The zero-order chi connectivity index (χ0) is 12.5. The van der Waals surface area contributed by atoms with Crippen molar-refractivity contribution in [2.24, 2.45) is 0 Å². The van der Waals surface area contributed by atoms with Gasteiger partial charge in [0.1, 0.15) is 11.6 Å². The number of phenolic OH excluding ortho intramolecular Hbond substituents is 1. The van der Waals surface area contributed by atoms with Gasteiger partial charge in [0.2, 0.25) is 0 Å². The van der Waals surface area contributed by atoms with Crippen molar-refractivity contribution in [3.05, 3.63) is 60.2 Å². The first-order valence-electron chi connectivity index (χ1n) is 5.73. The zero-order valence-corrected chi connectivity index (χ0v) is 9.74. The number of para-hydroxylation sites is 1. The minimum Gasteiger partial charge on any atom is -0.508 e. The van der Waals surface area contributed by atoms with Gasteiger partial charge in [0.15, 0.2) is 0 Å². The molecule has 3 rings (SSSR count). The number of nitrogen functional groups attached to an aromatic ring is 1. The van der Waals surface area contributed by atoms with E-state index < -0.39 is 0 Å². The average molecular weight is 239 g/mol. The van der Waals surface area contributed by atoms with Gasteiger partial charge in [-0.2, -0.15) is 0 Å². The van der Waals surface area contributed by atoms with E-state index in [9.17, 15) is 5.11 Å². The number of rotatable bonds is 2. The van der Waals surface area contributed by atoms with Crippen LogP contribution in [-0.2, 0) is 6.42 Å². The molecule has 0 saturated heterocycles. The summed E-state index contributed by atoms with van der Waals surface area (Å²) in [5.74, 6) is 1.15. The highest BCUT2D eigenvalue weighted by molar-refractivity contribution is 5.68. The number of nitrogens with zero attached hydrogens (tertiary/aromatic N) is 2. The molecule has 3 N–H and O–H groups in total. The summed E-state index contributed by atoms with van der Waals surface area (Å²) in [6.45, 7) is 0. The van der Waals surface area contributed by atoms with E-state index in [-0.39, 0.29) is 5.75 Å². The van der Waals surface area contributed by atoms with E-state index in [4.69, 9.17) is 5.73 Å². The first kappa shape index (κ1) is 10.7. The van der Waals surface area contributed by atoms with E-state index in [1.165, 1.54) is 0 Å². The van der Waals surface area contributed by atoms with Gasteiger partial charge in [-0.1, -0.05) is 18.2 Å². The van der Waals surface area contributed by atoms with Crippen LogP contribution in [-0.4, -0.2) is 14.5 Å². The van der Waals surface area contributed by atoms with Crippen LogP contribution >= 0.6 is 0 Å². The summed E-state index contributed by atoms with van der Waals surface area (Å²) in [7, 11) is 0. The summed E-state index contributed by atoms with van der Waals surface area (Å²) < 4.78 is 1.95. The standard InChI is InChI=1S/C14H13N3O/c15-11-5-3-7-17-12(11)9-16-14(17)8-10-4-1-2-6-13(10)18/h1-7,9,18H,8,15H2. The monoisotopic (exact) mass is 239 g/mol. The molecule has 2 heterocycles. The molecule has 0 aliphatic heterocycles. The number of benzene rings is 1. The second-order valence-corrected chi connectivity index (χ2v) is 4.20. The Balaban J connectivity index is 2.06. The molecule has 0 saturated carbocycles. The predicted molar refractivity (Wildman–Crippen MR) is 70.5 cm³/mol. The fraction of sp³-hybridized carbons (Fsp3) is 0.0714. The summed E-state index contributed by atoms with van der Waals surface area (Å²) in [6.07, 6.45) is 4.25. The van der Waals surface area contributed by atoms with Gasteiger partial charge in [0, 0.05) is 18.2 Å². The number of fused-ring (bicyclic) bond motifs is 1. The van der Waals surface area contributed by atoms with Gasteiger partial charge in [-0.05, 0) is 18.2 Å². The van der Waals surface area contributed by atoms with Crippen molar-refractivity contribution >= 4 is 11.2 Å². The first-order chi connectivity index (χ1) is 8.75. The lowest BCUT2D eigenvalue weighted by Gasteiger charge is -2.04. The summed E-state index contributed by atoms with van der Waals surface area (Å²) in [4.78, 5) is 4.36. The molecule has 0 unspecified atom stereocenters. The highest BCUT2D eigenvalue weighted by atomic mass is 16.3. The fourth-order valence-electron chi connectivity index (χ4n) is 2.06. The molecule has 0 spiro atoms. The molecule has 0 aliphatic rings. The molecule has 0 aliphatic carbocycles. The maximum Gasteiger partial charge on any atom is 0.119 e. The minimum absolute atomic E-state index is 0.290. The molecule has 1 aromatic carbocycles. The lowest BCUT2D eigenvalue weighted by atomic mass is 10.1. The van der Waals surface area contributed by atoms with Crippen LogP contribution in [0.1, 0.15) is 11.4 Å². The van der Waals surface area contributed by atoms with Crippen molar-refractivity contribution in [2.75, 3.05) is 5.73 Å². The lowest BCUT2D eigenvalue weighted by Crippen LogP contribution is -1.98. The van der Waals surface area contributed by atoms with Gasteiger partial charge in [-0.15, -0.1) is 0 Å². The molecule has 0 amide bonds. The second kappa shape index (κ2) is 4.07. The van der Waals surface area contributed by atoms with Crippen LogP contribution in [0.2, 0.25) is 0 Å². The van der Waals surface area contributed by atoms with E-state index in [0.717, 1.165) is 16.9 Å². The third-order valence-corrected chi connectivity index (χ3v) is 3.02. The molecule has 0 atom stereocenters. The fourth-order valence-corrected chi connectivity index (χ4v) is 2.06.